The third-order valence-electron chi connectivity index (χ3n) is 5.31. The summed E-state index contributed by atoms with van der Waals surface area (Å²) in [6, 6.07) is 11.5. The maximum Gasteiger partial charge on any atom is 0.363 e. The molecule has 164 valence electrons. The highest BCUT2D eigenvalue weighted by atomic mass is 32.2. The van der Waals surface area contributed by atoms with Crippen molar-refractivity contribution in [3.8, 4) is 11.4 Å². The monoisotopic (exact) mass is 448 g/mol. The lowest BCUT2D eigenvalue weighted by Gasteiger charge is -2.36. The average molecular weight is 448 g/mol. The van der Waals surface area contributed by atoms with Gasteiger partial charge >= 0.3 is 7.62 Å². The van der Waals surface area contributed by atoms with Crippen molar-refractivity contribution in [1.29, 1.82) is 0 Å². The van der Waals surface area contributed by atoms with Gasteiger partial charge in [-0.25, -0.2) is 9.97 Å². The first-order valence-electron chi connectivity index (χ1n) is 10.4. The third kappa shape index (κ3) is 5.09. The molecule has 0 radical (unpaired) electrons. The van der Waals surface area contributed by atoms with Crippen LogP contribution in [0.25, 0.3) is 11.4 Å². The van der Waals surface area contributed by atoms with Crippen LogP contribution in [0.1, 0.15) is 10.5 Å². The number of nitrogens with one attached hydrogen (secondary N) is 1. The first kappa shape index (κ1) is 22.3. The summed E-state index contributed by atoms with van der Waals surface area (Å²) in [5.41, 5.74) is 2.84. The predicted molar refractivity (Wildman–Crippen MR) is 129 cm³/mol. The van der Waals surface area contributed by atoms with Gasteiger partial charge in [-0.3, -0.25) is 9.78 Å². The summed E-state index contributed by atoms with van der Waals surface area (Å²) in [6.45, 7) is 3.49. The molecule has 1 aliphatic heterocycles. The highest BCUT2D eigenvalue weighted by Crippen LogP contribution is 2.28. The Kier molecular flexibility index (Phi) is 7.36. The predicted octanol–water partition coefficient (Wildman–Crippen LogP) is 2.55. The molecule has 0 bridgehead atoms. The van der Waals surface area contributed by atoms with Gasteiger partial charge in [0.25, 0.3) is 5.91 Å². The van der Waals surface area contributed by atoms with Gasteiger partial charge < -0.3 is 19.7 Å². The number of carbonyl (C=O) groups excluding carboxylic acids is 1. The molecule has 0 atom stereocenters. The Morgan fingerprint density at radius 3 is 2.72 bits per heavy atom. The average Bonchev–Trinajstić information content (AvgIpc) is 2.85. The molecule has 3 aromatic rings. The molecule has 1 saturated heterocycles. The summed E-state index contributed by atoms with van der Waals surface area (Å²) in [7, 11) is 2.34. The maximum absolute atomic E-state index is 13.0. The molecule has 0 spiro atoms. The van der Waals surface area contributed by atoms with E-state index >= 15 is 0 Å². The molecule has 32 heavy (non-hydrogen) atoms. The van der Waals surface area contributed by atoms with Crippen molar-refractivity contribution >= 4 is 36.7 Å². The molecular weight excluding hydrogens is 423 g/mol. The first-order chi connectivity index (χ1) is 15.7. The van der Waals surface area contributed by atoms with E-state index in [9.17, 15) is 4.79 Å². The van der Waals surface area contributed by atoms with Gasteiger partial charge in [0, 0.05) is 56.1 Å². The largest absolute Gasteiger partial charge is 0.427 e. The Morgan fingerprint density at radius 2 is 1.94 bits per heavy atom. The van der Waals surface area contributed by atoms with Gasteiger partial charge in [0.2, 0.25) is 0 Å². The second kappa shape index (κ2) is 10.6. The van der Waals surface area contributed by atoms with Crippen LogP contribution in [0.4, 0.5) is 11.4 Å². The van der Waals surface area contributed by atoms with Crippen molar-refractivity contribution in [3.63, 3.8) is 0 Å². The number of benzene rings is 1. The van der Waals surface area contributed by atoms with Gasteiger partial charge in [-0.2, -0.15) is 0 Å². The van der Waals surface area contributed by atoms with Gasteiger partial charge in [-0.15, -0.1) is 11.8 Å². The summed E-state index contributed by atoms with van der Waals surface area (Å²) in [6.07, 6.45) is 7.05. The van der Waals surface area contributed by atoms with Crippen molar-refractivity contribution in [2.45, 2.75) is 4.90 Å². The second-order valence-corrected chi connectivity index (χ2v) is 8.18. The van der Waals surface area contributed by atoms with Gasteiger partial charge in [-0.1, -0.05) is 18.2 Å². The zero-order valence-corrected chi connectivity index (χ0v) is 19.0. The number of hydrogen-bond donors (Lipinski definition) is 1. The van der Waals surface area contributed by atoms with Crippen molar-refractivity contribution in [2.75, 3.05) is 49.8 Å². The summed E-state index contributed by atoms with van der Waals surface area (Å²) in [5.74, 6) is 0.242. The quantitative estimate of drug-likeness (QED) is 0.436. The highest BCUT2D eigenvalue weighted by molar-refractivity contribution is 7.98. The molecule has 1 aromatic carbocycles. The normalized spacial score (nSPS) is 14.2. The SMILES string of the molecule is COBN1CCN(c2ccncc2NC(=O)c2ccnc(-c3ccccc3SC)n2)CC1. The van der Waals surface area contributed by atoms with Crippen LogP contribution in [0, 0.1) is 0 Å². The number of aromatic nitrogens is 3. The van der Waals surface area contributed by atoms with E-state index in [0.29, 0.717) is 24.8 Å². The summed E-state index contributed by atoms with van der Waals surface area (Å²) >= 11 is 1.62. The lowest BCUT2D eigenvalue weighted by atomic mass is 10.1. The molecule has 2 aromatic heterocycles. The number of piperazine rings is 1. The molecule has 0 aliphatic carbocycles. The molecule has 4 rings (SSSR count). The Bertz CT molecular complexity index is 1080. The number of thioether (sulfide) groups is 1. The molecule has 3 heterocycles. The molecule has 8 nitrogen and oxygen atoms in total. The van der Waals surface area contributed by atoms with E-state index in [2.05, 4.69) is 30.0 Å². The van der Waals surface area contributed by atoms with Crippen LogP contribution < -0.4 is 10.2 Å². The molecule has 1 amide bonds. The standard InChI is InChI=1S/C22H25BN6O2S/c1-31-23-29-13-11-28(12-14-29)19-8-9-24-15-18(19)27-22(30)17-7-10-25-21(26-17)16-5-3-4-6-20(16)32-2/h3-10,15,23H,11-14H2,1-2H3,(H,27,30). The number of rotatable bonds is 7. The minimum Gasteiger partial charge on any atom is -0.427 e. The van der Waals surface area contributed by atoms with Crippen molar-refractivity contribution in [3.05, 3.63) is 60.7 Å². The van der Waals surface area contributed by atoms with E-state index < -0.39 is 0 Å². The van der Waals surface area contributed by atoms with Gasteiger partial charge in [0.15, 0.2) is 5.82 Å². The molecule has 1 N–H and O–H groups in total. The Hall–Kier alpha value is -2.95. The lowest BCUT2D eigenvalue weighted by Crippen LogP contribution is -2.48. The van der Waals surface area contributed by atoms with Gasteiger partial charge in [0.05, 0.1) is 17.6 Å². The molecule has 1 aliphatic rings. The van der Waals surface area contributed by atoms with E-state index in [1.807, 2.05) is 36.6 Å². The van der Waals surface area contributed by atoms with E-state index in [-0.39, 0.29) is 5.91 Å². The number of nitrogens with zero attached hydrogens (tertiary/aromatic N) is 5. The van der Waals surface area contributed by atoms with Gasteiger partial charge in [-0.05, 0) is 24.5 Å². The van der Waals surface area contributed by atoms with Crippen LogP contribution in [0.2, 0.25) is 0 Å². The number of anilines is 2. The van der Waals surface area contributed by atoms with Crippen LogP contribution in [0.3, 0.4) is 0 Å². The van der Waals surface area contributed by atoms with Crippen LogP contribution >= 0.6 is 11.8 Å². The topological polar surface area (TPSA) is 83.5 Å². The fourth-order valence-corrected chi connectivity index (χ4v) is 4.28. The molecule has 0 saturated carbocycles. The minimum absolute atomic E-state index is 0.289. The fourth-order valence-electron chi connectivity index (χ4n) is 3.69. The summed E-state index contributed by atoms with van der Waals surface area (Å²) < 4.78 is 5.23. The number of pyridine rings is 1. The van der Waals surface area contributed by atoms with Crippen molar-refractivity contribution < 1.29 is 9.45 Å². The fraction of sp³-hybridized carbons (Fsp3) is 0.273. The minimum atomic E-state index is -0.289. The van der Waals surface area contributed by atoms with Crippen molar-refractivity contribution in [1.82, 2.24) is 19.8 Å². The zero-order chi connectivity index (χ0) is 22.3. The Morgan fingerprint density at radius 1 is 1.12 bits per heavy atom. The smallest absolute Gasteiger partial charge is 0.363 e. The Balaban J connectivity index is 1.52. The van der Waals surface area contributed by atoms with Crippen LogP contribution in [-0.4, -0.2) is 72.8 Å². The number of amides is 1. The second-order valence-electron chi connectivity index (χ2n) is 7.34. The molecular formula is C22H25BN6O2S. The molecule has 1 fully saturated rings. The first-order valence-corrected chi connectivity index (χ1v) is 11.6. The summed E-state index contributed by atoms with van der Waals surface area (Å²) in [4.78, 5) is 31.7. The molecule has 0 unspecified atom stereocenters. The van der Waals surface area contributed by atoms with Crippen LogP contribution in [-0.2, 0) is 4.65 Å². The third-order valence-corrected chi connectivity index (χ3v) is 6.10. The highest BCUT2D eigenvalue weighted by Gasteiger charge is 2.21. The van der Waals surface area contributed by atoms with E-state index in [1.54, 1.807) is 43.5 Å². The van der Waals surface area contributed by atoms with Crippen LogP contribution in [0.5, 0.6) is 0 Å². The van der Waals surface area contributed by atoms with E-state index in [0.717, 1.165) is 42.3 Å². The number of hydrogen-bond acceptors (Lipinski definition) is 8. The lowest BCUT2D eigenvalue weighted by molar-refractivity contribution is 0.102. The Labute approximate surface area is 192 Å². The van der Waals surface area contributed by atoms with E-state index in [1.165, 1.54) is 0 Å². The maximum atomic E-state index is 13.0. The summed E-state index contributed by atoms with van der Waals surface area (Å²) in [5, 5.41) is 2.99. The zero-order valence-electron chi connectivity index (χ0n) is 18.2. The van der Waals surface area contributed by atoms with Gasteiger partial charge in [0.1, 0.15) is 5.69 Å². The van der Waals surface area contributed by atoms with Crippen LogP contribution in [0.15, 0.2) is 59.9 Å². The molecule has 10 heteroatoms. The van der Waals surface area contributed by atoms with E-state index in [4.69, 9.17) is 4.65 Å². The van der Waals surface area contributed by atoms with Crippen molar-refractivity contribution in [2.24, 2.45) is 0 Å². The number of carbonyl (C=O) groups is 1.